The van der Waals surface area contributed by atoms with Gasteiger partial charge in [0.2, 0.25) is 5.91 Å². The van der Waals surface area contributed by atoms with Gasteiger partial charge >= 0.3 is 43.7 Å². The van der Waals surface area contributed by atoms with Gasteiger partial charge in [0.05, 0.1) is 19.8 Å². The van der Waals surface area contributed by atoms with Crippen molar-refractivity contribution >= 4 is 61.5 Å². The number of aliphatic carboxylic acids is 2. The molecule has 0 aromatic rings. The Morgan fingerprint density at radius 3 is 1.79 bits per heavy atom. The van der Waals surface area contributed by atoms with E-state index in [1.165, 1.54) is 0 Å². The first-order chi connectivity index (χ1) is 20.2. The second-order valence-corrected chi connectivity index (χ2v) is 9.74. The van der Waals surface area contributed by atoms with E-state index in [4.69, 9.17) is 15.3 Å². The molecule has 0 fully saturated rings. The number of unbranched alkanes of at least 4 members (excludes halogenated alkanes) is 4. The number of carbonyl (C=O) groups excluding carboxylic acids is 2. The Morgan fingerprint density at radius 1 is 0.744 bits per heavy atom. The van der Waals surface area contributed by atoms with Crippen LogP contribution in [0, 0.1) is 0 Å². The molecule has 244 valence electrons. The number of rotatable bonds is 26. The number of aliphatic hydroxyl groups is 2. The number of carboxylic acids is 2. The number of aliphatic hydroxyl groups excluding tert-OH is 2. The topological polar surface area (TPSA) is 189 Å². The first kappa shape index (κ1) is 45.9. The molecule has 0 aliphatic carbocycles. The van der Waals surface area contributed by atoms with Crippen molar-refractivity contribution in [3.63, 3.8) is 0 Å². The third-order valence-corrected chi connectivity index (χ3v) is 5.99. The maximum atomic E-state index is 11.7. The molecule has 0 aliphatic heterocycles. The van der Waals surface area contributed by atoms with Crippen LogP contribution in [0.2, 0.25) is 0 Å². The summed E-state index contributed by atoms with van der Waals surface area (Å²) in [5.41, 5.74) is 0. The van der Waals surface area contributed by atoms with Crippen LogP contribution >= 0.6 is 0 Å². The largest absolute Gasteiger partial charge is 2.00 e. The zero-order valence-electron chi connectivity index (χ0n) is 26.4. The molecule has 0 atom stereocenters. The zero-order valence-corrected chi connectivity index (χ0v) is 28.6. The van der Waals surface area contributed by atoms with Crippen molar-refractivity contribution in [1.29, 1.82) is 0 Å². The van der Waals surface area contributed by atoms with E-state index in [-0.39, 0.29) is 88.8 Å². The fourth-order valence-electron chi connectivity index (χ4n) is 3.58. The second-order valence-electron chi connectivity index (χ2n) is 9.74. The smallest absolute Gasteiger partial charge is 0.862 e. The summed E-state index contributed by atoms with van der Waals surface area (Å²) in [5.74, 6) is -2.16. The summed E-state index contributed by atoms with van der Waals surface area (Å²) in [6.45, 7) is 6.29. The summed E-state index contributed by atoms with van der Waals surface area (Å²) < 4.78 is 0. The first-order valence-electron chi connectivity index (χ1n) is 15.0. The molecule has 0 spiro atoms. The fraction of sp³-hybridized carbons (Fsp3) is 0.733. The number of hydrogen-bond acceptors (Lipinski definition) is 10. The van der Waals surface area contributed by atoms with Crippen molar-refractivity contribution in [2.24, 2.45) is 4.99 Å². The van der Waals surface area contributed by atoms with E-state index < -0.39 is 11.9 Å². The van der Waals surface area contributed by atoms with Crippen LogP contribution in [-0.4, -0.2) is 139 Å². The van der Waals surface area contributed by atoms with Crippen LogP contribution in [0.3, 0.4) is 0 Å². The van der Waals surface area contributed by atoms with Gasteiger partial charge in [0.15, 0.2) is 0 Å². The summed E-state index contributed by atoms with van der Waals surface area (Å²) in [6.07, 6.45) is 15.7. The zero-order chi connectivity index (χ0) is 31.8. The predicted molar refractivity (Wildman–Crippen MR) is 166 cm³/mol. The molecular formula is C30H54CaN4O8. The SMILES string of the molecule is C/C=C/CCCCC(=O)NCN(CCCO)CCC(=O)O.C/C=C/CCCCC([O-])=NCN(CCCO)CCC(=O)[O-].[Ca+2]. The van der Waals surface area contributed by atoms with Crippen molar-refractivity contribution in [2.75, 3.05) is 52.7 Å². The second kappa shape index (κ2) is 34.9. The number of nitrogens with one attached hydrogen (secondary N) is 1. The van der Waals surface area contributed by atoms with Gasteiger partial charge in [-0.05, 0) is 84.0 Å². The molecule has 0 saturated carbocycles. The van der Waals surface area contributed by atoms with Crippen LogP contribution in [0.25, 0.3) is 0 Å². The van der Waals surface area contributed by atoms with Gasteiger partial charge in [-0.2, -0.15) is 0 Å². The van der Waals surface area contributed by atoms with Crippen LogP contribution < -0.4 is 15.5 Å². The Hall–Kier alpha value is -1.54. The van der Waals surface area contributed by atoms with Gasteiger partial charge in [0.1, 0.15) is 0 Å². The minimum Gasteiger partial charge on any atom is -0.862 e. The van der Waals surface area contributed by atoms with Crippen molar-refractivity contribution in [1.82, 2.24) is 15.1 Å². The fourth-order valence-corrected chi connectivity index (χ4v) is 3.58. The van der Waals surface area contributed by atoms with Crippen LogP contribution in [0.5, 0.6) is 0 Å². The van der Waals surface area contributed by atoms with Gasteiger partial charge in [-0.15, -0.1) is 0 Å². The molecule has 0 unspecified atom stereocenters. The molecule has 0 saturated heterocycles. The molecule has 0 heterocycles. The molecule has 0 radical (unpaired) electrons. The standard InChI is InChI=1S/2C15H28N2O4.Ca/c2*1-2-3-4-5-6-8-14(19)16-13-17(10-7-12-18)11-9-15(20)21;/h2*2-3,18H,4-13H2,1H3,(H,16,19)(H,20,21);/q;;+2/p-2/b2*3-2+;. The van der Waals surface area contributed by atoms with Gasteiger partial charge < -0.3 is 35.6 Å². The van der Waals surface area contributed by atoms with Crippen LogP contribution in [0.1, 0.15) is 90.9 Å². The van der Waals surface area contributed by atoms with Crippen LogP contribution in [0.4, 0.5) is 0 Å². The van der Waals surface area contributed by atoms with Gasteiger partial charge in [-0.1, -0.05) is 24.3 Å². The predicted octanol–water partition coefficient (Wildman–Crippen LogP) is 0.639. The maximum absolute atomic E-state index is 11.7. The minimum absolute atomic E-state index is 0. The quantitative estimate of drug-likeness (QED) is 0.0261. The average Bonchev–Trinajstić information content (AvgIpc) is 2.96. The Morgan fingerprint density at radius 2 is 1.28 bits per heavy atom. The molecule has 0 bridgehead atoms. The van der Waals surface area contributed by atoms with E-state index >= 15 is 0 Å². The number of hydrogen-bond donors (Lipinski definition) is 4. The number of amides is 1. The summed E-state index contributed by atoms with van der Waals surface area (Å²) in [5, 5.41) is 51.2. The number of allylic oxidation sites excluding steroid dienone is 4. The molecule has 0 aliphatic rings. The molecular weight excluding hydrogens is 584 g/mol. The van der Waals surface area contributed by atoms with Crippen LogP contribution in [0.15, 0.2) is 29.3 Å². The molecule has 13 heteroatoms. The van der Waals surface area contributed by atoms with Gasteiger partial charge in [0, 0.05) is 51.8 Å². The number of nitrogens with zero attached hydrogens (tertiary/aromatic N) is 3. The summed E-state index contributed by atoms with van der Waals surface area (Å²) in [7, 11) is 0. The molecule has 43 heavy (non-hydrogen) atoms. The van der Waals surface area contributed by atoms with E-state index in [0.717, 1.165) is 38.5 Å². The molecule has 12 nitrogen and oxygen atoms in total. The van der Waals surface area contributed by atoms with E-state index in [2.05, 4.69) is 22.5 Å². The van der Waals surface area contributed by atoms with Crippen molar-refractivity contribution < 1.29 is 39.9 Å². The van der Waals surface area contributed by atoms with Crippen LogP contribution in [-0.2, 0) is 14.4 Å². The van der Waals surface area contributed by atoms with E-state index in [1.807, 2.05) is 30.9 Å². The van der Waals surface area contributed by atoms with E-state index in [1.54, 1.807) is 4.90 Å². The molecule has 0 aromatic carbocycles. The van der Waals surface area contributed by atoms with Crippen molar-refractivity contribution in [3.8, 4) is 0 Å². The molecule has 1 amide bonds. The van der Waals surface area contributed by atoms with Gasteiger partial charge in [-0.3, -0.25) is 24.4 Å². The first-order valence-corrected chi connectivity index (χ1v) is 15.0. The maximum Gasteiger partial charge on any atom is 2.00 e. The summed E-state index contributed by atoms with van der Waals surface area (Å²) in [4.78, 5) is 40.2. The molecule has 4 N–H and O–H groups in total. The third-order valence-electron chi connectivity index (χ3n) is 5.99. The molecule has 0 rings (SSSR count). The Labute approximate surface area is 287 Å². The van der Waals surface area contributed by atoms with Crippen molar-refractivity contribution in [3.05, 3.63) is 24.3 Å². The number of carboxylic acid groups (broad SMARTS) is 2. The average molecular weight is 639 g/mol. The van der Waals surface area contributed by atoms with E-state index in [9.17, 15) is 24.6 Å². The summed E-state index contributed by atoms with van der Waals surface area (Å²) >= 11 is 0. The minimum atomic E-state index is -1.13. The number of aliphatic imine (C=N–C) groups is 1. The van der Waals surface area contributed by atoms with Crippen molar-refractivity contribution in [2.45, 2.75) is 90.9 Å². The van der Waals surface area contributed by atoms with E-state index in [0.29, 0.717) is 52.0 Å². The summed E-state index contributed by atoms with van der Waals surface area (Å²) in [6, 6.07) is 0. The molecule has 0 aromatic heterocycles. The number of carbonyl (C=O) groups is 3. The van der Waals surface area contributed by atoms with Gasteiger partial charge in [0.25, 0.3) is 0 Å². The Bertz CT molecular complexity index is 781. The monoisotopic (exact) mass is 638 g/mol. The van der Waals surface area contributed by atoms with Gasteiger partial charge in [-0.25, -0.2) is 0 Å². The Balaban J connectivity index is -0.000000727. The Kier molecular flexibility index (Phi) is 37.3. The normalized spacial score (nSPS) is 11.5. The third kappa shape index (κ3) is 36.6.